The van der Waals surface area contributed by atoms with Gasteiger partial charge in [-0.05, 0) is 0 Å². The molecule has 1 nitrogen and oxygen atoms in total. The van der Waals surface area contributed by atoms with E-state index in [1.165, 1.54) is 0 Å². The molecule has 0 aliphatic carbocycles. The minimum Gasteiger partial charge on any atom is -0.396 e. The highest BCUT2D eigenvalue weighted by atomic mass is 19.1. The highest BCUT2D eigenvalue weighted by Gasteiger charge is 2.02. The van der Waals surface area contributed by atoms with Crippen molar-refractivity contribution in [1.29, 1.82) is 0 Å². The molecular weight excluding hydrogens is 114 g/mol. The zero-order valence-electron chi connectivity index (χ0n) is 4.61. The molecular formula is C5H10F2O. The molecule has 0 bridgehead atoms. The number of halogens is 2. The van der Waals surface area contributed by atoms with Crippen LogP contribution >= 0.6 is 0 Å². The fourth-order valence-electron chi connectivity index (χ4n) is 0.403. The molecule has 0 saturated heterocycles. The smallest absolute Gasteiger partial charge is 0.105 e. The zero-order valence-corrected chi connectivity index (χ0v) is 4.61. The van der Waals surface area contributed by atoms with Gasteiger partial charge in [0.1, 0.15) is 6.17 Å². The summed E-state index contributed by atoms with van der Waals surface area (Å²) in [7, 11) is 0. The van der Waals surface area contributed by atoms with Crippen LogP contribution in [0.4, 0.5) is 8.78 Å². The topological polar surface area (TPSA) is 20.2 Å². The van der Waals surface area contributed by atoms with Gasteiger partial charge in [-0.3, -0.25) is 4.39 Å². The Morgan fingerprint density at radius 2 is 2.00 bits per heavy atom. The lowest BCUT2D eigenvalue weighted by Crippen LogP contribution is -2.03. The number of aliphatic hydroxyl groups excluding tert-OH is 1. The van der Waals surface area contributed by atoms with Crippen LogP contribution in [0.25, 0.3) is 0 Å². The lowest BCUT2D eigenvalue weighted by Gasteiger charge is -1.99. The van der Waals surface area contributed by atoms with Crippen molar-refractivity contribution in [3.63, 3.8) is 0 Å². The van der Waals surface area contributed by atoms with Gasteiger partial charge in [-0.2, -0.15) is 0 Å². The van der Waals surface area contributed by atoms with Crippen molar-refractivity contribution >= 4 is 0 Å². The second-order valence-corrected chi connectivity index (χ2v) is 1.59. The third kappa shape index (κ3) is 3.99. The summed E-state index contributed by atoms with van der Waals surface area (Å²) < 4.78 is 23.2. The number of alkyl halides is 2. The lowest BCUT2D eigenvalue weighted by molar-refractivity contribution is 0.203. The summed E-state index contributed by atoms with van der Waals surface area (Å²) in [4.78, 5) is 0. The molecule has 0 aromatic rings. The average molecular weight is 124 g/mol. The summed E-state index contributed by atoms with van der Waals surface area (Å²) >= 11 is 0. The summed E-state index contributed by atoms with van der Waals surface area (Å²) in [6.07, 6.45) is -1.19. The standard InChI is InChI=1S/C5H10F2O/c6-3-1-5(7)2-4-8/h5,8H,1-4H2. The Morgan fingerprint density at radius 3 is 2.38 bits per heavy atom. The van der Waals surface area contributed by atoms with Crippen molar-refractivity contribution in [1.82, 2.24) is 0 Å². The van der Waals surface area contributed by atoms with Crippen molar-refractivity contribution in [2.24, 2.45) is 0 Å². The molecule has 1 N–H and O–H groups in total. The van der Waals surface area contributed by atoms with Crippen molar-refractivity contribution < 1.29 is 13.9 Å². The number of hydrogen-bond acceptors (Lipinski definition) is 1. The second kappa shape index (κ2) is 4.97. The number of aliphatic hydroxyl groups is 1. The van der Waals surface area contributed by atoms with E-state index in [1.54, 1.807) is 0 Å². The molecule has 1 unspecified atom stereocenters. The number of rotatable bonds is 4. The molecule has 50 valence electrons. The van der Waals surface area contributed by atoms with Gasteiger partial charge >= 0.3 is 0 Å². The maximum Gasteiger partial charge on any atom is 0.105 e. The van der Waals surface area contributed by atoms with E-state index >= 15 is 0 Å². The first kappa shape index (κ1) is 7.82. The molecule has 0 heterocycles. The van der Waals surface area contributed by atoms with Gasteiger partial charge in [0.05, 0.1) is 6.67 Å². The minimum atomic E-state index is -1.16. The van der Waals surface area contributed by atoms with Crippen LogP contribution in [0.2, 0.25) is 0 Å². The minimum absolute atomic E-state index is 0.0594. The first-order valence-electron chi connectivity index (χ1n) is 2.62. The first-order valence-corrected chi connectivity index (χ1v) is 2.62. The summed E-state index contributed by atoms with van der Waals surface area (Å²) in [5.41, 5.74) is 0. The molecule has 0 aromatic carbocycles. The summed E-state index contributed by atoms with van der Waals surface area (Å²) in [6.45, 7) is -0.831. The van der Waals surface area contributed by atoms with Crippen LogP contribution < -0.4 is 0 Å². The summed E-state index contributed by atoms with van der Waals surface area (Å²) in [5, 5.41) is 8.10. The molecule has 0 spiro atoms. The third-order valence-corrected chi connectivity index (χ3v) is 0.865. The Hall–Kier alpha value is -0.180. The molecule has 0 saturated carbocycles. The fraction of sp³-hybridized carbons (Fsp3) is 1.00. The maximum absolute atomic E-state index is 12.0. The third-order valence-electron chi connectivity index (χ3n) is 0.865. The van der Waals surface area contributed by atoms with Crippen LogP contribution in [0, 0.1) is 0 Å². The first-order chi connectivity index (χ1) is 3.81. The molecule has 1 atom stereocenters. The van der Waals surface area contributed by atoms with Gasteiger partial charge < -0.3 is 5.11 Å². The van der Waals surface area contributed by atoms with Crippen molar-refractivity contribution in [2.75, 3.05) is 13.3 Å². The largest absolute Gasteiger partial charge is 0.396 e. The maximum atomic E-state index is 12.0. The zero-order chi connectivity index (χ0) is 6.41. The Kier molecular flexibility index (Phi) is 4.85. The van der Waals surface area contributed by atoms with Gasteiger partial charge in [0.15, 0.2) is 0 Å². The molecule has 0 radical (unpaired) electrons. The highest BCUT2D eigenvalue weighted by Crippen LogP contribution is 2.01. The highest BCUT2D eigenvalue weighted by molar-refractivity contribution is 4.52. The van der Waals surface area contributed by atoms with E-state index in [0.29, 0.717) is 0 Å². The molecule has 0 aliphatic rings. The van der Waals surface area contributed by atoms with Crippen LogP contribution in [-0.4, -0.2) is 24.6 Å². The lowest BCUT2D eigenvalue weighted by atomic mass is 10.2. The van der Waals surface area contributed by atoms with Gasteiger partial charge in [0, 0.05) is 19.4 Å². The molecule has 0 fully saturated rings. The SMILES string of the molecule is OCCC(F)CCF. The predicted octanol–water partition coefficient (Wildman–Crippen LogP) is 1.07. The van der Waals surface area contributed by atoms with E-state index in [9.17, 15) is 8.78 Å². The van der Waals surface area contributed by atoms with Crippen molar-refractivity contribution in [3.05, 3.63) is 0 Å². The molecule has 0 aliphatic heterocycles. The van der Waals surface area contributed by atoms with E-state index in [1.807, 2.05) is 0 Å². The predicted molar refractivity (Wildman–Crippen MR) is 27.2 cm³/mol. The van der Waals surface area contributed by atoms with Gasteiger partial charge in [-0.1, -0.05) is 0 Å². The molecule has 3 heteroatoms. The normalized spacial score (nSPS) is 13.9. The van der Waals surface area contributed by atoms with Crippen LogP contribution in [0.3, 0.4) is 0 Å². The van der Waals surface area contributed by atoms with Gasteiger partial charge in [0.2, 0.25) is 0 Å². The van der Waals surface area contributed by atoms with E-state index in [-0.39, 0.29) is 19.4 Å². The second-order valence-electron chi connectivity index (χ2n) is 1.59. The number of hydrogen-bond donors (Lipinski definition) is 1. The Morgan fingerprint density at radius 1 is 1.38 bits per heavy atom. The van der Waals surface area contributed by atoms with E-state index < -0.39 is 12.8 Å². The average Bonchev–Trinajstić information content (AvgIpc) is 1.68. The monoisotopic (exact) mass is 124 g/mol. The van der Waals surface area contributed by atoms with Crippen LogP contribution in [0.5, 0.6) is 0 Å². The van der Waals surface area contributed by atoms with E-state index in [2.05, 4.69) is 0 Å². The van der Waals surface area contributed by atoms with Crippen molar-refractivity contribution in [2.45, 2.75) is 19.0 Å². The quantitative estimate of drug-likeness (QED) is 0.594. The molecule has 8 heavy (non-hydrogen) atoms. The molecule has 0 amide bonds. The van der Waals surface area contributed by atoms with Crippen LogP contribution in [0.1, 0.15) is 12.8 Å². The molecule has 0 rings (SSSR count). The van der Waals surface area contributed by atoms with Crippen LogP contribution in [-0.2, 0) is 0 Å². The van der Waals surface area contributed by atoms with Crippen LogP contribution in [0.15, 0.2) is 0 Å². The van der Waals surface area contributed by atoms with Crippen molar-refractivity contribution in [3.8, 4) is 0 Å². The molecule has 0 aromatic heterocycles. The Bertz CT molecular complexity index is 43.7. The Labute approximate surface area is 47.3 Å². The van der Waals surface area contributed by atoms with Gasteiger partial charge in [0.25, 0.3) is 0 Å². The summed E-state index contributed by atoms with van der Waals surface area (Å²) in [6, 6.07) is 0. The van der Waals surface area contributed by atoms with E-state index in [4.69, 9.17) is 5.11 Å². The van der Waals surface area contributed by atoms with Gasteiger partial charge in [-0.15, -0.1) is 0 Å². The summed E-state index contributed by atoms with van der Waals surface area (Å²) in [5.74, 6) is 0. The Balaban J connectivity index is 2.92. The van der Waals surface area contributed by atoms with Gasteiger partial charge in [-0.25, -0.2) is 4.39 Å². The fourth-order valence-corrected chi connectivity index (χ4v) is 0.403. The van der Waals surface area contributed by atoms with E-state index in [0.717, 1.165) is 0 Å².